The van der Waals surface area contributed by atoms with Gasteiger partial charge in [-0.2, -0.15) is 0 Å². The van der Waals surface area contributed by atoms with E-state index in [2.05, 4.69) is 0 Å². The molecule has 0 aromatic heterocycles. The molecule has 0 aliphatic carbocycles. The number of esters is 1. The van der Waals surface area contributed by atoms with E-state index in [0.29, 0.717) is 5.76 Å². The standard InChI is InChI=1S/C13H15O2.ClH.Hg/c1-4-12(15-13(14)10(2)3)11-8-6-5-7-9-11;;/h5-10H,1-3H3;1H;/q;;+1/p-1. The first-order valence-electron chi connectivity index (χ1n) is 5.59. The SMILES string of the molecule is C/[C]([Hg][Cl])=C(\OC(=O)C(C)C)c1ccccc1. The van der Waals surface area contributed by atoms with Gasteiger partial charge in [0.2, 0.25) is 0 Å². The van der Waals surface area contributed by atoms with Gasteiger partial charge in [0.1, 0.15) is 0 Å². The minimum absolute atomic E-state index is 0.131. The average Bonchev–Trinajstić information content (AvgIpc) is 2.35. The van der Waals surface area contributed by atoms with E-state index >= 15 is 0 Å². The van der Waals surface area contributed by atoms with Crippen molar-refractivity contribution in [3.63, 3.8) is 0 Å². The molecule has 0 aliphatic rings. The number of allylic oxidation sites excluding steroid dienone is 1. The van der Waals surface area contributed by atoms with Crippen LogP contribution in [0.15, 0.2) is 33.4 Å². The van der Waals surface area contributed by atoms with Crippen molar-refractivity contribution in [2.24, 2.45) is 5.92 Å². The van der Waals surface area contributed by atoms with Crippen molar-refractivity contribution in [1.82, 2.24) is 0 Å². The quantitative estimate of drug-likeness (QED) is 0.405. The van der Waals surface area contributed by atoms with Gasteiger partial charge in [0.25, 0.3) is 0 Å². The minimum atomic E-state index is -1.56. The number of rotatable bonds is 4. The van der Waals surface area contributed by atoms with Crippen LogP contribution >= 0.6 is 8.25 Å². The number of hydrogen-bond acceptors (Lipinski definition) is 2. The van der Waals surface area contributed by atoms with Gasteiger partial charge in [-0.3, -0.25) is 0 Å². The fraction of sp³-hybridized carbons (Fsp3) is 0.308. The van der Waals surface area contributed by atoms with E-state index in [0.717, 1.165) is 8.65 Å². The molecule has 4 heteroatoms. The molecule has 0 unspecified atom stereocenters. The molecule has 1 aromatic carbocycles. The van der Waals surface area contributed by atoms with Gasteiger partial charge < -0.3 is 0 Å². The Balaban J connectivity index is 3.03. The third-order valence-corrected chi connectivity index (χ3v) is 8.62. The zero-order valence-corrected chi connectivity index (χ0v) is 16.6. The third kappa shape index (κ3) is 4.44. The summed E-state index contributed by atoms with van der Waals surface area (Å²) in [5.41, 5.74) is 0.930. The Kier molecular flexibility index (Phi) is 6.21. The normalized spacial score (nSPS) is 11.8. The monoisotopic (exact) mass is 440 g/mol. The number of hydrogen-bond donors (Lipinski definition) is 0. The molecule has 0 radical (unpaired) electrons. The fourth-order valence-corrected chi connectivity index (χ4v) is 3.87. The van der Waals surface area contributed by atoms with E-state index in [1.165, 1.54) is 0 Å². The van der Waals surface area contributed by atoms with E-state index in [1.54, 1.807) is 0 Å². The third-order valence-electron chi connectivity index (χ3n) is 2.30. The van der Waals surface area contributed by atoms with Gasteiger partial charge >= 0.3 is 119 Å². The Morgan fingerprint density at radius 3 is 2.35 bits per heavy atom. The van der Waals surface area contributed by atoms with Gasteiger partial charge in [-0.1, -0.05) is 0 Å². The second kappa shape index (κ2) is 7.17. The summed E-state index contributed by atoms with van der Waals surface area (Å²) in [7, 11) is 6.03. The molecule has 0 spiro atoms. The van der Waals surface area contributed by atoms with Crippen LogP contribution in [0.2, 0.25) is 0 Å². The number of carbonyl (C=O) groups is 1. The predicted molar refractivity (Wildman–Crippen MR) is 65.8 cm³/mol. The molecular formula is C13H15ClHgO2. The van der Waals surface area contributed by atoms with Crippen LogP contribution in [0, 0.1) is 5.92 Å². The molecular weight excluding hydrogens is 424 g/mol. The average molecular weight is 439 g/mol. The second-order valence-electron chi connectivity index (χ2n) is 4.18. The van der Waals surface area contributed by atoms with Gasteiger partial charge in [-0.15, -0.1) is 0 Å². The van der Waals surface area contributed by atoms with E-state index in [1.807, 2.05) is 51.1 Å². The van der Waals surface area contributed by atoms with Crippen molar-refractivity contribution in [3.05, 3.63) is 39.0 Å². The molecule has 0 saturated heterocycles. The molecule has 0 atom stereocenters. The Labute approximate surface area is 118 Å². The van der Waals surface area contributed by atoms with E-state index < -0.39 is 23.3 Å². The predicted octanol–water partition coefficient (Wildman–Crippen LogP) is 3.81. The van der Waals surface area contributed by atoms with Crippen molar-refractivity contribution >= 4 is 20.0 Å². The molecule has 0 amide bonds. The molecule has 0 heterocycles. The molecule has 1 aromatic rings. The van der Waals surface area contributed by atoms with Crippen molar-refractivity contribution in [3.8, 4) is 0 Å². The van der Waals surface area contributed by atoms with Crippen LogP contribution in [0.25, 0.3) is 5.76 Å². The molecule has 1 rings (SSSR count). The summed E-state index contributed by atoms with van der Waals surface area (Å²) in [5, 5.41) is 0. The van der Waals surface area contributed by atoms with Crippen molar-refractivity contribution < 1.29 is 32.9 Å². The van der Waals surface area contributed by atoms with Crippen LogP contribution < -0.4 is 0 Å². The molecule has 0 bridgehead atoms. The van der Waals surface area contributed by atoms with E-state index in [9.17, 15) is 4.79 Å². The van der Waals surface area contributed by atoms with Gasteiger partial charge in [-0.05, 0) is 0 Å². The van der Waals surface area contributed by atoms with E-state index in [-0.39, 0.29) is 11.9 Å². The first kappa shape index (κ1) is 14.7. The van der Waals surface area contributed by atoms with Crippen LogP contribution in [0.3, 0.4) is 0 Å². The van der Waals surface area contributed by atoms with Gasteiger partial charge in [-0.25, -0.2) is 0 Å². The molecule has 2 nitrogen and oxygen atoms in total. The number of carbonyl (C=O) groups excluding carboxylic acids is 1. The van der Waals surface area contributed by atoms with Crippen molar-refractivity contribution in [1.29, 1.82) is 0 Å². The summed E-state index contributed by atoms with van der Waals surface area (Å²) in [6, 6.07) is 9.67. The molecule has 0 N–H and O–H groups in total. The topological polar surface area (TPSA) is 26.3 Å². The summed E-state index contributed by atoms with van der Waals surface area (Å²) in [6.07, 6.45) is 0. The zero-order valence-electron chi connectivity index (χ0n) is 10.4. The van der Waals surface area contributed by atoms with E-state index in [4.69, 9.17) is 13.0 Å². The fourth-order valence-electron chi connectivity index (χ4n) is 1.26. The Hall–Kier alpha value is -0.345. The number of halogens is 1. The van der Waals surface area contributed by atoms with Crippen LogP contribution in [-0.4, -0.2) is 5.97 Å². The molecule has 17 heavy (non-hydrogen) atoms. The first-order chi connectivity index (χ1) is 8.06. The van der Waals surface area contributed by atoms with Gasteiger partial charge in [0, 0.05) is 0 Å². The Morgan fingerprint density at radius 2 is 1.88 bits per heavy atom. The summed E-state index contributed by atoms with van der Waals surface area (Å²) >= 11 is -1.56. The van der Waals surface area contributed by atoms with Crippen LogP contribution in [0.5, 0.6) is 0 Å². The molecule has 0 aliphatic heterocycles. The van der Waals surface area contributed by atoms with Crippen LogP contribution in [0.4, 0.5) is 0 Å². The molecule has 88 valence electrons. The maximum absolute atomic E-state index is 11.7. The summed E-state index contributed by atoms with van der Waals surface area (Å²) in [4.78, 5) is 11.7. The molecule has 0 fully saturated rings. The van der Waals surface area contributed by atoms with Crippen LogP contribution in [0.1, 0.15) is 26.3 Å². The first-order valence-corrected chi connectivity index (χ1v) is 15.1. The van der Waals surface area contributed by atoms with Gasteiger partial charge in [0.15, 0.2) is 0 Å². The Bertz CT molecular complexity index is 413. The summed E-state index contributed by atoms with van der Waals surface area (Å²) in [6.45, 7) is 5.61. The summed E-state index contributed by atoms with van der Waals surface area (Å²) in [5.74, 6) is 0.330. The second-order valence-corrected chi connectivity index (χ2v) is 11.7. The molecule has 0 saturated carbocycles. The van der Waals surface area contributed by atoms with Crippen molar-refractivity contribution in [2.75, 3.05) is 0 Å². The number of benzene rings is 1. The van der Waals surface area contributed by atoms with Crippen LogP contribution in [-0.2, 0) is 32.9 Å². The Morgan fingerprint density at radius 1 is 1.29 bits per heavy atom. The van der Waals surface area contributed by atoms with Crippen molar-refractivity contribution in [2.45, 2.75) is 20.8 Å². The maximum atomic E-state index is 11.7. The zero-order chi connectivity index (χ0) is 12.8. The van der Waals surface area contributed by atoms with Gasteiger partial charge in [0.05, 0.1) is 0 Å². The summed E-state index contributed by atoms with van der Waals surface area (Å²) < 4.78 is 6.54. The number of ether oxygens (including phenoxy) is 1.